The number of H-pyrrole nitrogens is 2. The Hall–Kier alpha value is -3.82. The van der Waals surface area contributed by atoms with E-state index in [-0.39, 0.29) is 23.3 Å². The normalized spacial score (nSPS) is 10.2. The molecule has 2 N–H and O–H groups in total. The molecule has 0 spiro atoms. The first-order valence-electron chi connectivity index (χ1n) is 8.32. The molecule has 0 saturated carbocycles. The summed E-state index contributed by atoms with van der Waals surface area (Å²) >= 11 is -0.931. The molecule has 0 aliphatic carbocycles. The maximum absolute atomic E-state index is 10.3. The second-order valence-electron chi connectivity index (χ2n) is 5.10. The molecule has 0 radical (unpaired) electrons. The molecule has 0 atom stereocenters. The van der Waals surface area contributed by atoms with Crippen molar-refractivity contribution in [1.82, 2.24) is 30.4 Å². The minimum absolute atomic E-state index is 0.276. The Balaban J connectivity index is 0.000000209. The zero-order valence-electron chi connectivity index (χ0n) is 16.1. The third kappa shape index (κ3) is 9.06. The number of aromatic nitrogens is 6. The molecule has 168 valence electrons. The molecule has 4 heterocycles. The molecule has 4 aromatic heterocycles. The SMILES string of the molecule is O=[N+]([O-])c1ccc(/C=N/c2ncn[nH]2)o1.O=[N+]([O-])c1ccc(/C=N/c2ncn[nH]2)o1.[Cl][Zn][Cl]. The van der Waals surface area contributed by atoms with Gasteiger partial charge in [-0.05, 0) is 12.1 Å². The average molecular weight is 551 g/mol. The summed E-state index contributed by atoms with van der Waals surface area (Å²) in [6.07, 6.45) is 5.23. The summed E-state index contributed by atoms with van der Waals surface area (Å²) in [4.78, 5) is 34.5. The summed E-state index contributed by atoms with van der Waals surface area (Å²) in [5, 5.41) is 32.7. The van der Waals surface area contributed by atoms with Crippen molar-refractivity contribution in [3.05, 3.63) is 68.7 Å². The first kappa shape index (κ1) is 25.4. The molecule has 0 aliphatic rings. The number of hydrogen-bond acceptors (Lipinski definition) is 12. The van der Waals surface area contributed by atoms with Crippen LogP contribution in [-0.4, -0.2) is 52.6 Å². The maximum atomic E-state index is 10.3. The number of rotatable bonds is 6. The van der Waals surface area contributed by atoms with Gasteiger partial charge in [-0.3, -0.25) is 20.2 Å². The van der Waals surface area contributed by atoms with Gasteiger partial charge in [0.1, 0.15) is 22.5 Å². The van der Waals surface area contributed by atoms with Crippen molar-refractivity contribution in [2.75, 3.05) is 0 Å². The third-order valence-electron chi connectivity index (χ3n) is 3.02. The molecule has 33 heavy (non-hydrogen) atoms. The molecular formula is C14H10Cl2N10O6Zn. The fourth-order valence-electron chi connectivity index (χ4n) is 1.79. The Labute approximate surface area is 198 Å². The molecule has 0 fully saturated rings. The number of halogens is 2. The van der Waals surface area contributed by atoms with Gasteiger partial charge < -0.3 is 8.83 Å². The van der Waals surface area contributed by atoms with E-state index in [9.17, 15) is 20.2 Å². The summed E-state index contributed by atoms with van der Waals surface area (Å²) in [6.45, 7) is 0. The van der Waals surface area contributed by atoms with Crippen LogP contribution in [0.2, 0.25) is 0 Å². The fourth-order valence-corrected chi connectivity index (χ4v) is 1.79. The second-order valence-corrected chi connectivity index (χ2v) is 9.72. The first-order valence-corrected chi connectivity index (χ1v) is 16.1. The predicted molar refractivity (Wildman–Crippen MR) is 110 cm³/mol. The number of hydrogen-bond donors (Lipinski definition) is 2. The van der Waals surface area contributed by atoms with E-state index in [0.717, 1.165) is 0 Å². The van der Waals surface area contributed by atoms with Gasteiger partial charge in [-0.15, -0.1) is 0 Å². The summed E-state index contributed by atoms with van der Waals surface area (Å²) in [5.41, 5.74) is 0. The molecule has 0 unspecified atom stereocenters. The van der Waals surface area contributed by atoms with Gasteiger partial charge in [-0.2, -0.15) is 20.2 Å². The molecule has 0 saturated heterocycles. The van der Waals surface area contributed by atoms with Gasteiger partial charge in [-0.25, -0.2) is 20.2 Å². The van der Waals surface area contributed by atoms with Crippen molar-refractivity contribution in [3.63, 3.8) is 0 Å². The molecule has 16 nitrogen and oxygen atoms in total. The first-order chi connectivity index (χ1) is 15.9. The van der Waals surface area contributed by atoms with Gasteiger partial charge in [0.05, 0.1) is 24.6 Å². The van der Waals surface area contributed by atoms with Crippen molar-refractivity contribution < 1.29 is 33.8 Å². The Morgan fingerprint density at radius 1 is 0.848 bits per heavy atom. The Morgan fingerprint density at radius 2 is 1.24 bits per heavy atom. The molecule has 4 rings (SSSR count). The molecular weight excluding hydrogens is 541 g/mol. The van der Waals surface area contributed by atoms with Crippen molar-refractivity contribution >= 4 is 55.5 Å². The van der Waals surface area contributed by atoms with Crippen LogP contribution < -0.4 is 0 Å². The van der Waals surface area contributed by atoms with Crippen molar-refractivity contribution in [3.8, 4) is 0 Å². The van der Waals surface area contributed by atoms with Crippen LogP contribution >= 0.6 is 19.4 Å². The Bertz CT molecular complexity index is 1100. The van der Waals surface area contributed by atoms with E-state index in [2.05, 4.69) is 40.3 Å². The van der Waals surface area contributed by atoms with E-state index < -0.39 is 25.0 Å². The van der Waals surface area contributed by atoms with Crippen LogP contribution in [0.3, 0.4) is 0 Å². The fraction of sp³-hybridized carbons (Fsp3) is 0. The standard InChI is InChI=1S/2C7H5N5O3.2ClH.Zn/c2*13-12(14)6-2-1-5(15-6)3-8-7-9-4-10-11-7;;;/h2*1-4H,(H,9,10,11);2*1H;/q;;;;+2/p-2/b2*8-3+;;;. The number of nitrogens with one attached hydrogen (secondary N) is 2. The molecule has 0 aliphatic heterocycles. The Kier molecular flexibility index (Phi) is 10.5. The zero-order valence-corrected chi connectivity index (χ0v) is 20.6. The van der Waals surface area contributed by atoms with Crippen LogP contribution in [0, 0.1) is 20.2 Å². The number of nitrogens with zero attached hydrogens (tertiary/aromatic N) is 8. The second kappa shape index (κ2) is 13.6. The van der Waals surface area contributed by atoms with Crippen molar-refractivity contribution in [1.29, 1.82) is 0 Å². The quantitative estimate of drug-likeness (QED) is 0.154. The zero-order chi connectivity index (χ0) is 24.1. The predicted octanol–water partition coefficient (Wildman–Crippen LogP) is 3.49. The summed E-state index contributed by atoms with van der Waals surface area (Å²) in [5.74, 6) is 0.502. The van der Waals surface area contributed by atoms with Crippen LogP contribution in [0.5, 0.6) is 0 Å². The van der Waals surface area contributed by atoms with Gasteiger partial charge in [0, 0.05) is 0 Å². The average Bonchev–Trinajstić information content (AvgIpc) is 3.59. The topological polar surface area (TPSA) is 220 Å². The van der Waals surface area contributed by atoms with Crippen molar-refractivity contribution in [2.24, 2.45) is 9.98 Å². The monoisotopic (exact) mass is 548 g/mol. The Morgan fingerprint density at radius 3 is 1.52 bits per heavy atom. The summed E-state index contributed by atoms with van der Waals surface area (Å²) in [7, 11) is 9.90. The van der Waals surface area contributed by atoms with Gasteiger partial charge in [-0.1, -0.05) is 0 Å². The van der Waals surface area contributed by atoms with Gasteiger partial charge in [0.25, 0.3) is 0 Å². The van der Waals surface area contributed by atoms with Crippen LogP contribution in [0.1, 0.15) is 11.5 Å². The third-order valence-corrected chi connectivity index (χ3v) is 3.02. The van der Waals surface area contributed by atoms with E-state index >= 15 is 0 Å². The molecule has 0 bridgehead atoms. The van der Waals surface area contributed by atoms with E-state index in [1.165, 1.54) is 49.3 Å². The number of furan rings is 2. The van der Waals surface area contributed by atoms with Crippen molar-refractivity contribution in [2.45, 2.75) is 0 Å². The van der Waals surface area contributed by atoms with Gasteiger partial charge in [0.15, 0.2) is 11.5 Å². The van der Waals surface area contributed by atoms with E-state index in [0.29, 0.717) is 11.9 Å². The number of aliphatic imine (C=N–C) groups is 2. The molecule has 0 aromatic carbocycles. The van der Waals surface area contributed by atoms with Crippen LogP contribution in [0.25, 0.3) is 0 Å². The van der Waals surface area contributed by atoms with Crippen LogP contribution in [0.15, 0.2) is 55.7 Å². The molecule has 19 heteroatoms. The number of nitro groups is 2. The van der Waals surface area contributed by atoms with E-state index in [1.807, 2.05) is 0 Å². The van der Waals surface area contributed by atoms with Crippen LogP contribution in [-0.2, 0) is 15.1 Å². The molecule has 4 aromatic rings. The minimum atomic E-state index is -0.931. The summed E-state index contributed by atoms with van der Waals surface area (Å²) < 4.78 is 9.67. The summed E-state index contributed by atoms with van der Waals surface area (Å²) in [6, 6.07) is 5.39. The number of aromatic amines is 2. The van der Waals surface area contributed by atoms with E-state index in [1.54, 1.807) is 0 Å². The van der Waals surface area contributed by atoms with Gasteiger partial charge >= 0.3 is 46.3 Å². The van der Waals surface area contributed by atoms with Crippen LogP contribution in [0.4, 0.5) is 23.7 Å². The van der Waals surface area contributed by atoms with Gasteiger partial charge in [0.2, 0.25) is 11.9 Å². The van der Waals surface area contributed by atoms with E-state index in [4.69, 9.17) is 28.2 Å². The molecule has 0 amide bonds.